The molecule has 192 valence electrons. The second kappa shape index (κ2) is 7.16. The van der Waals surface area contributed by atoms with Crippen molar-refractivity contribution in [3.8, 4) is 0 Å². The van der Waals surface area contributed by atoms with Crippen LogP contribution >= 0.6 is 0 Å². The lowest BCUT2D eigenvalue weighted by Gasteiger charge is -2.44. The summed E-state index contributed by atoms with van der Waals surface area (Å²) in [6, 6.07) is 47.3. The van der Waals surface area contributed by atoms with Crippen molar-refractivity contribution in [2.45, 2.75) is 17.8 Å². The summed E-state index contributed by atoms with van der Waals surface area (Å²) in [7, 11) is 0. The Hall–Kier alpha value is -5.08. The van der Waals surface area contributed by atoms with E-state index in [-0.39, 0.29) is 10.8 Å². The normalized spacial score (nSPS) is 18.2. The molecule has 2 N–H and O–H groups in total. The molecular weight excluding hydrogens is 496 g/mol. The van der Waals surface area contributed by atoms with Gasteiger partial charge in [-0.3, -0.25) is 0 Å². The van der Waals surface area contributed by atoms with Crippen LogP contribution in [-0.2, 0) is 10.8 Å². The molecule has 41 heavy (non-hydrogen) atoms. The number of fused-ring (bicyclic) bond motifs is 15. The fraction of sp³-hybridized carbons (Fsp3) is 0.0769. The third-order valence-corrected chi connectivity index (χ3v) is 10.2. The van der Waals surface area contributed by atoms with Crippen molar-refractivity contribution in [1.82, 2.24) is 9.97 Å². The molecule has 0 bridgehead atoms. The van der Waals surface area contributed by atoms with Crippen molar-refractivity contribution < 1.29 is 0 Å². The molecular formula is C39H26N2. The van der Waals surface area contributed by atoms with E-state index in [9.17, 15) is 0 Å². The standard InChI is InChI=1S/C39H26N2/c1-38(23-11-3-2-4-12-23)28-19-21-33-35(25-14-6-10-18-31(25)41-33)37(28)39(26-15-7-8-16-27(26)39)29-20-22-32-34(36(29)38)24-13-5-9-17-30(24)40-32/h2-22,40-41H,1H3. The van der Waals surface area contributed by atoms with E-state index in [4.69, 9.17) is 0 Å². The second-order valence-corrected chi connectivity index (χ2v) is 11.9. The molecule has 0 saturated heterocycles. The Kier molecular flexibility index (Phi) is 3.79. The van der Waals surface area contributed by atoms with Gasteiger partial charge in [0.25, 0.3) is 0 Å². The fourth-order valence-electron chi connectivity index (χ4n) is 8.48. The molecule has 0 amide bonds. The summed E-state index contributed by atoms with van der Waals surface area (Å²) in [5.74, 6) is 0. The third kappa shape index (κ3) is 2.39. The van der Waals surface area contributed by atoms with Gasteiger partial charge in [-0.1, -0.05) is 103 Å². The van der Waals surface area contributed by atoms with Crippen LogP contribution < -0.4 is 0 Å². The van der Waals surface area contributed by atoms with E-state index < -0.39 is 0 Å². The lowest BCUT2D eigenvalue weighted by molar-refractivity contribution is 0.637. The van der Waals surface area contributed by atoms with E-state index in [2.05, 4.69) is 144 Å². The quantitative estimate of drug-likeness (QED) is 0.215. The molecule has 0 aliphatic heterocycles. The van der Waals surface area contributed by atoms with Crippen LogP contribution in [0.3, 0.4) is 0 Å². The number of nitrogens with one attached hydrogen (secondary N) is 2. The van der Waals surface area contributed by atoms with E-state index in [0.717, 1.165) is 0 Å². The first-order valence-electron chi connectivity index (χ1n) is 14.5. The fourth-order valence-corrected chi connectivity index (χ4v) is 8.48. The SMILES string of the molecule is CC1(c2ccccc2)c2ccc3[nH]c4ccccc4c3c2C2(c3ccccc32)c2ccc3[nH]c4ccccc4c3c21. The predicted octanol–water partition coefficient (Wildman–Crippen LogP) is 9.32. The summed E-state index contributed by atoms with van der Waals surface area (Å²) < 4.78 is 0. The van der Waals surface area contributed by atoms with Crippen LogP contribution in [0.15, 0.2) is 127 Å². The molecule has 2 heterocycles. The van der Waals surface area contributed by atoms with Crippen LogP contribution in [0.5, 0.6) is 0 Å². The van der Waals surface area contributed by atoms with Gasteiger partial charge in [0.15, 0.2) is 0 Å². The number of hydrogen-bond acceptors (Lipinski definition) is 0. The Morgan fingerprint density at radius 2 is 0.927 bits per heavy atom. The highest BCUT2D eigenvalue weighted by Crippen LogP contribution is 2.68. The monoisotopic (exact) mass is 522 g/mol. The molecule has 2 aliphatic rings. The van der Waals surface area contributed by atoms with Gasteiger partial charge >= 0.3 is 0 Å². The average Bonchev–Trinajstić information content (AvgIpc) is 3.31. The minimum atomic E-state index is -0.367. The molecule has 1 atom stereocenters. The maximum atomic E-state index is 3.76. The van der Waals surface area contributed by atoms with Gasteiger partial charge in [-0.2, -0.15) is 0 Å². The molecule has 8 aromatic rings. The third-order valence-electron chi connectivity index (χ3n) is 10.2. The summed E-state index contributed by atoms with van der Waals surface area (Å²) in [6.07, 6.45) is 0. The summed E-state index contributed by atoms with van der Waals surface area (Å²) in [6.45, 7) is 2.46. The van der Waals surface area contributed by atoms with Crippen LogP contribution in [0, 0.1) is 0 Å². The van der Waals surface area contributed by atoms with Crippen molar-refractivity contribution >= 4 is 43.6 Å². The second-order valence-electron chi connectivity index (χ2n) is 11.9. The Labute approximate surface area is 237 Å². The zero-order valence-corrected chi connectivity index (χ0v) is 22.6. The Morgan fingerprint density at radius 1 is 0.415 bits per heavy atom. The van der Waals surface area contributed by atoms with Gasteiger partial charge in [0.05, 0.1) is 5.41 Å². The molecule has 10 rings (SSSR count). The van der Waals surface area contributed by atoms with Crippen molar-refractivity contribution in [2.75, 3.05) is 0 Å². The summed E-state index contributed by atoms with van der Waals surface area (Å²) in [5.41, 5.74) is 14.0. The summed E-state index contributed by atoms with van der Waals surface area (Å²) in [4.78, 5) is 7.51. The number of H-pyrrole nitrogens is 2. The number of para-hydroxylation sites is 2. The van der Waals surface area contributed by atoms with E-state index in [1.54, 1.807) is 0 Å². The largest absolute Gasteiger partial charge is 0.355 e. The maximum absolute atomic E-state index is 3.76. The highest BCUT2D eigenvalue weighted by atomic mass is 14.7. The van der Waals surface area contributed by atoms with E-state index >= 15 is 0 Å². The first-order valence-corrected chi connectivity index (χ1v) is 14.5. The molecule has 2 aromatic heterocycles. The minimum Gasteiger partial charge on any atom is -0.355 e. The first-order chi connectivity index (χ1) is 20.2. The molecule has 2 nitrogen and oxygen atoms in total. The molecule has 2 aliphatic carbocycles. The van der Waals surface area contributed by atoms with Crippen LogP contribution in [-0.4, -0.2) is 9.97 Å². The summed E-state index contributed by atoms with van der Waals surface area (Å²) in [5, 5.41) is 5.27. The molecule has 0 radical (unpaired) electrons. The molecule has 2 heteroatoms. The van der Waals surface area contributed by atoms with Crippen LogP contribution in [0.1, 0.15) is 45.9 Å². The van der Waals surface area contributed by atoms with Crippen LogP contribution in [0.25, 0.3) is 43.6 Å². The molecule has 6 aromatic carbocycles. The van der Waals surface area contributed by atoms with Gasteiger partial charge in [-0.15, -0.1) is 0 Å². The zero-order chi connectivity index (χ0) is 26.9. The molecule has 0 fully saturated rings. The van der Waals surface area contributed by atoms with Gasteiger partial charge in [-0.05, 0) is 70.1 Å². The Bertz CT molecular complexity index is 2360. The molecule has 1 unspecified atom stereocenters. The number of hydrogen-bond donors (Lipinski definition) is 2. The van der Waals surface area contributed by atoms with Crippen molar-refractivity contribution in [3.05, 3.63) is 166 Å². The van der Waals surface area contributed by atoms with E-state index in [1.807, 2.05) is 0 Å². The zero-order valence-electron chi connectivity index (χ0n) is 22.6. The van der Waals surface area contributed by atoms with Gasteiger partial charge in [-0.25, -0.2) is 0 Å². The van der Waals surface area contributed by atoms with Crippen molar-refractivity contribution in [2.24, 2.45) is 0 Å². The smallest absolute Gasteiger partial charge is 0.0721 e. The maximum Gasteiger partial charge on any atom is 0.0721 e. The molecule has 1 spiro atoms. The van der Waals surface area contributed by atoms with Gasteiger partial charge in [0.1, 0.15) is 0 Å². The Morgan fingerprint density at radius 3 is 1.56 bits per heavy atom. The number of aromatic nitrogens is 2. The number of aromatic amines is 2. The number of rotatable bonds is 1. The Balaban J connectivity index is 1.49. The number of benzene rings is 6. The summed E-state index contributed by atoms with van der Waals surface area (Å²) >= 11 is 0. The highest BCUT2D eigenvalue weighted by molar-refractivity contribution is 6.15. The highest BCUT2D eigenvalue weighted by Gasteiger charge is 2.61. The first kappa shape index (κ1) is 21.7. The predicted molar refractivity (Wildman–Crippen MR) is 169 cm³/mol. The van der Waals surface area contributed by atoms with Gasteiger partial charge < -0.3 is 9.97 Å². The van der Waals surface area contributed by atoms with Crippen LogP contribution in [0.4, 0.5) is 0 Å². The van der Waals surface area contributed by atoms with Crippen molar-refractivity contribution in [3.63, 3.8) is 0 Å². The average molecular weight is 523 g/mol. The van der Waals surface area contributed by atoms with E-state index in [1.165, 1.54) is 82.6 Å². The van der Waals surface area contributed by atoms with E-state index in [0.29, 0.717) is 0 Å². The van der Waals surface area contributed by atoms with Gasteiger partial charge in [0, 0.05) is 49.0 Å². The lowest BCUT2D eigenvalue weighted by atomic mass is 9.57. The van der Waals surface area contributed by atoms with Crippen molar-refractivity contribution in [1.29, 1.82) is 0 Å². The topological polar surface area (TPSA) is 31.6 Å². The lowest BCUT2D eigenvalue weighted by Crippen LogP contribution is -2.37. The molecule has 0 saturated carbocycles. The van der Waals surface area contributed by atoms with Gasteiger partial charge in [0.2, 0.25) is 0 Å². The van der Waals surface area contributed by atoms with Crippen LogP contribution in [0.2, 0.25) is 0 Å². The minimum absolute atomic E-state index is 0.278.